The molecule has 0 nitrogen and oxygen atoms in total. The summed E-state index contributed by atoms with van der Waals surface area (Å²) in [6.07, 6.45) is 0. The molecule has 22 valence electrons. The van der Waals surface area contributed by atoms with Crippen LogP contribution < -0.4 is 0 Å². The molecule has 0 aliphatic rings. The van der Waals surface area contributed by atoms with Gasteiger partial charge in [0, 0.05) is 89.6 Å². The van der Waals surface area contributed by atoms with E-state index in [9.17, 15) is 0 Å². The molecule has 0 fully saturated rings. The van der Waals surface area contributed by atoms with Crippen LogP contribution in [0.15, 0.2) is 0 Å². The van der Waals surface area contributed by atoms with Gasteiger partial charge in [0.15, 0.2) is 0 Å². The topological polar surface area (TPSA) is 0 Å². The first kappa shape index (κ1) is 28.4. The van der Waals surface area contributed by atoms with Gasteiger partial charge in [0.2, 0.25) is 0 Å². The van der Waals surface area contributed by atoms with Crippen LogP contribution in [0.25, 0.3) is 0 Å². The first-order valence-corrected chi connectivity index (χ1v) is 0. The third-order valence-electron chi connectivity index (χ3n) is 0. The van der Waals surface area contributed by atoms with Gasteiger partial charge in [0.05, 0.1) is 0 Å². The Labute approximate surface area is 88.0 Å². The predicted octanol–water partition coefficient (Wildman–Crippen LogP) is -0.767. The predicted molar refractivity (Wildman–Crippen MR) is 11.5 cm³/mol. The maximum atomic E-state index is 0. The first-order valence-electron chi connectivity index (χ1n) is 0. The first-order chi connectivity index (χ1) is 0. The Kier molecular flexibility index (Phi) is 119. The van der Waals surface area contributed by atoms with Crippen molar-refractivity contribution in [2.45, 2.75) is 0 Å². The molecule has 0 aromatic rings. The largest absolute Gasteiger partial charge is 0 e. The Morgan fingerprint density at radius 3 is 1.00 bits per heavy atom. The molecule has 0 N–H and O–H groups in total. The maximum Gasteiger partial charge on any atom is 0 e. The van der Waals surface area contributed by atoms with Crippen molar-refractivity contribution in [1.29, 1.82) is 0 Å². The van der Waals surface area contributed by atoms with Crippen LogP contribution in [0.2, 0.25) is 0 Å². The fraction of sp³-hybridized carbons (Fsp3) is 0. The van der Waals surface area contributed by atoms with E-state index in [0.717, 1.165) is 0 Å². The Balaban J connectivity index is 0. The van der Waals surface area contributed by atoms with Gasteiger partial charge in [-0.25, -0.2) is 0 Å². The monoisotopic (exact) mass is 460 g/mol. The minimum Gasteiger partial charge on any atom is 0 e. The fourth-order valence-corrected chi connectivity index (χ4v) is 0. The number of rotatable bonds is 0. The van der Waals surface area contributed by atoms with Gasteiger partial charge in [-0.1, -0.05) is 0 Å². The van der Waals surface area contributed by atoms with Gasteiger partial charge >= 0.3 is 0 Å². The van der Waals surface area contributed by atoms with Gasteiger partial charge in [-0.2, -0.15) is 0 Å². The van der Waals surface area contributed by atoms with E-state index in [1.54, 1.807) is 0 Å². The van der Waals surface area contributed by atoms with Crippen molar-refractivity contribution in [2.24, 2.45) is 0 Å². The molecule has 0 unspecified atom stereocenters. The van der Waals surface area contributed by atoms with E-state index in [0.29, 0.717) is 0 Å². The third kappa shape index (κ3) is 8.87. The SMILES string of the molecule is [As].[Cd].[Cu].[Pb]. The summed E-state index contributed by atoms with van der Waals surface area (Å²) < 4.78 is 0. The molecule has 0 atom stereocenters. The van der Waals surface area contributed by atoms with Crippen LogP contribution in [0.1, 0.15) is 0 Å². The molecule has 0 aliphatic heterocycles. The van der Waals surface area contributed by atoms with E-state index in [1.807, 2.05) is 0 Å². The molecule has 0 heterocycles. The Bertz CT molecular complexity index is 8.00. The molecule has 4 heteroatoms. The zero-order valence-electron chi connectivity index (χ0n) is 1.96. The summed E-state index contributed by atoms with van der Waals surface area (Å²) in [5, 5.41) is 0. The van der Waals surface area contributed by atoms with Gasteiger partial charge in [-0.15, -0.1) is 0 Å². The van der Waals surface area contributed by atoms with Crippen LogP contribution in [-0.2, 0) is 44.4 Å². The van der Waals surface area contributed by atoms with E-state index in [4.69, 9.17) is 0 Å². The van der Waals surface area contributed by atoms with Crippen LogP contribution >= 0.6 is 0 Å². The molecular formula is AsCdCuPb. The summed E-state index contributed by atoms with van der Waals surface area (Å²) in [4.78, 5) is 0. The van der Waals surface area contributed by atoms with Crippen molar-refractivity contribution >= 4 is 45.3 Å². The van der Waals surface area contributed by atoms with Crippen molar-refractivity contribution in [2.75, 3.05) is 0 Å². The molecule has 0 rings (SSSR count). The summed E-state index contributed by atoms with van der Waals surface area (Å²) in [7, 11) is 0. The van der Waals surface area contributed by atoms with Crippen LogP contribution in [0.3, 0.4) is 0 Å². The molecule has 0 aromatic carbocycles. The van der Waals surface area contributed by atoms with Gasteiger partial charge in [-0.3, -0.25) is 0 Å². The van der Waals surface area contributed by atoms with Crippen molar-refractivity contribution in [1.82, 2.24) is 0 Å². The van der Waals surface area contributed by atoms with Crippen LogP contribution in [0.5, 0.6) is 0 Å². The zero-order chi connectivity index (χ0) is 0. The summed E-state index contributed by atoms with van der Waals surface area (Å²) in [6.45, 7) is 0. The Hall–Kier alpha value is 2.92. The minimum atomic E-state index is 0. The molecule has 0 bridgehead atoms. The standard InChI is InChI=1S/As.Cd.Cu.Pb. The molecule has 0 aliphatic carbocycles. The van der Waals surface area contributed by atoms with E-state index in [2.05, 4.69) is 0 Å². The van der Waals surface area contributed by atoms with Crippen molar-refractivity contribution in [3.8, 4) is 0 Å². The second-order valence-corrected chi connectivity index (χ2v) is 0. The molecule has 0 spiro atoms. The molecule has 0 saturated heterocycles. The minimum absolute atomic E-state index is 0. The molecule has 0 aromatic heterocycles. The van der Waals surface area contributed by atoms with Crippen LogP contribution in [0.4, 0.5) is 0 Å². The molecule has 4 heavy (non-hydrogen) atoms. The Morgan fingerprint density at radius 2 is 1.00 bits per heavy atom. The van der Waals surface area contributed by atoms with Crippen molar-refractivity contribution in [3.05, 3.63) is 0 Å². The summed E-state index contributed by atoms with van der Waals surface area (Å²) in [6, 6.07) is 0. The Morgan fingerprint density at radius 1 is 1.00 bits per heavy atom. The van der Waals surface area contributed by atoms with Crippen LogP contribution in [-0.4, -0.2) is 45.3 Å². The average molecular weight is 458 g/mol. The van der Waals surface area contributed by atoms with Gasteiger partial charge in [0.25, 0.3) is 0 Å². The summed E-state index contributed by atoms with van der Waals surface area (Å²) in [5.41, 5.74) is 0. The second-order valence-electron chi connectivity index (χ2n) is 0. The van der Waals surface area contributed by atoms with Gasteiger partial charge < -0.3 is 0 Å². The van der Waals surface area contributed by atoms with E-state index < -0.39 is 0 Å². The van der Waals surface area contributed by atoms with E-state index in [1.165, 1.54) is 0 Å². The molecule has 0 amide bonds. The van der Waals surface area contributed by atoms with E-state index in [-0.39, 0.29) is 89.6 Å². The van der Waals surface area contributed by atoms with Crippen molar-refractivity contribution in [3.63, 3.8) is 0 Å². The average Bonchev–Trinajstić information content (AvgIpc) is 0. The third-order valence-corrected chi connectivity index (χ3v) is 0. The molecule has 0 saturated carbocycles. The van der Waals surface area contributed by atoms with Crippen molar-refractivity contribution < 1.29 is 44.4 Å². The van der Waals surface area contributed by atoms with Crippen LogP contribution in [0, 0.1) is 0 Å². The normalized spacial score (nSPS) is 0. The number of hydrogen-bond acceptors (Lipinski definition) is 0. The smallest absolute Gasteiger partial charge is 0 e. The quantitative estimate of drug-likeness (QED) is 0.419. The number of hydrogen-bond donors (Lipinski definition) is 0. The summed E-state index contributed by atoms with van der Waals surface area (Å²) in [5.74, 6) is 0. The van der Waals surface area contributed by atoms with Gasteiger partial charge in [-0.05, 0) is 0 Å². The molecular weight excluding hydrogens is 458 g/mol. The molecule has 8 radical (unpaired) electrons. The van der Waals surface area contributed by atoms with E-state index >= 15 is 0 Å². The summed E-state index contributed by atoms with van der Waals surface area (Å²) >= 11 is 0. The zero-order valence-corrected chi connectivity index (χ0v) is 12.7. The van der Waals surface area contributed by atoms with Gasteiger partial charge in [0.1, 0.15) is 0 Å². The maximum absolute atomic E-state index is 0. The second kappa shape index (κ2) is 16.8. The fourth-order valence-electron chi connectivity index (χ4n) is 0.